The van der Waals surface area contributed by atoms with Crippen molar-refractivity contribution in [1.82, 2.24) is 0 Å². The number of nitrogens with zero attached hydrogens (tertiary/aromatic N) is 1. The molecule has 0 bridgehead atoms. The summed E-state index contributed by atoms with van der Waals surface area (Å²) in [5.41, 5.74) is 20.4. The normalized spacial score (nSPS) is 12.4. The van der Waals surface area contributed by atoms with Crippen molar-refractivity contribution in [2.45, 2.75) is 19.3 Å². The highest BCUT2D eigenvalue weighted by molar-refractivity contribution is 6.01. The van der Waals surface area contributed by atoms with E-state index in [-0.39, 0.29) is 5.41 Å². The minimum absolute atomic E-state index is 0.151. The summed E-state index contributed by atoms with van der Waals surface area (Å²) in [6, 6.07) is 81.9. The Morgan fingerprint density at radius 1 is 0.293 bits per heavy atom. The van der Waals surface area contributed by atoms with Crippen molar-refractivity contribution < 1.29 is 0 Å². The molecule has 0 unspecified atom stereocenters. The zero-order valence-electron chi connectivity index (χ0n) is 32.8. The van der Waals surface area contributed by atoms with E-state index in [1.807, 2.05) is 0 Å². The Kier molecular flexibility index (Phi) is 8.92. The molecule has 0 heterocycles. The van der Waals surface area contributed by atoms with Gasteiger partial charge >= 0.3 is 0 Å². The van der Waals surface area contributed by atoms with Crippen molar-refractivity contribution >= 4 is 17.1 Å². The van der Waals surface area contributed by atoms with Gasteiger partial charge in [-0.15, -0.1) is 0 Å². The van der Waals surface area contributed by atoms with Crippen LogP contribution in [0.1, 0.15) is 25.0 Å². The van der Waals surface area contributed by atoms with Crippen LogP contribution in [0.2, 0.25) is 0 Å². The molecule has 0 aliphatic heterocycles. The molecule has 10 rings (SSSR count). The molecule has 0 aromatic heterocycles. The molecule has 0 amide bonds. The minimum Gasteiger partial charge on any atom is -0.310 e. The summed E-state index contributed by atoms with van der Waals surface area (Å²) in [4.78, 5) is 2.49. The van der Waals surface area contributed by atoms with Crippen LogP contribution in [0.3, 0.4) is 0 Å². The number of hydrogen-bond acceptors (Lipinski definition) is 1. The Labute approximate surface area is 342 Å². The molecule has 1 aliphatic rings. The third-order valence-electron chi connectivity index (χ3n) is 11.9. The molecule has 1 heteroatoms. The molecule has 0 radical (unpaired) electrons. The van der Waals surface area contributed by atoms with E-state index < -0.39 is 0 Å². The van der Waals surface area contributed by atoms with E-state index in [2.05, 4.69) is 243 Å². The van der Waals surface area contributed by atoms with E-state index in [9.17, 15) is 0 Å². The van der Waals surface area contributed by atoms with Crippen LogP contribution in [0.5, 0.6) is 0 Å². The molecule has 0 saturated carbocycles. The van der Waals surface area contributed by atoms with Crippen LogP contribution in [0.4, 0.5) is 17.1 Å². The van der Waals surface area contributed by atoms with Gasteiger partial charge in [0, 0.05) is 22.4 Å². The van der Waals surface area contributed by atoms with Gasteiger partial charge in [0.15, 0.2) is 0 Å². The second kappa shape index (κ2) is 14.7. The third-order valence-corrected chi connectivity index (χ3v) is 11.9. The molecular formula is C57H43N. The predicted octanol–water partition coefficient (Wildman–Crippen LogP) is 15.8. The van der Waals surface area contributed by atoms with E-state index in [0.29, 0.717) is 0 Å². The first-order valence-electron chi connectivity index (χ1n) is 20.2. The molecule has 0 fully saturated rings. The highest BCUT2D eigenvalue weighted by Gasteiger charge is 2.36. The maximum atomic E-state index is 2.49. The van der Waals surface area contributed by atoms with E-state index in [1.54, 1.807) is 0 Å². The maximum absolute atomic E-state index is 2.49. The van der Waals surface area contributed by atoms with Crippen LogP contribution in [0.15, 0.2) is 224 Å². The standard InChI is InChI=1S/C57H43N/c1-57(2)53-33-15-14-30-50(53)51-36-35-47(39-54(51)57)58(46-28-17-27-45(38-46)44-26-16-25-43(37-44)40-19-6-3-7-20-40)55-34-18-32-49(42-23-10-5-11-24-42)56(55)52-31-13-12-29-48(52)41-21-8-4-9-22-41/h3-39H,1-2H3. The van der Waals surface area contributed by atoms with Gasteiger partial charge in [-0.25, -0.2) is 0 Å². The van der Waals surface area contributed by atoms with Gasteiger partial charge in [0.1, 0.15) is 0 Å². The SMILES string of the molecule is CC1(C)c2ccccc2-c2ccc(N(c3cccc(-c4cccc(-c5ccccc5)c4)c3)c3cccc(-c4ccccc4)c3-c3ccccc3-c3ccccc3)cc21. The van der Waals surface area contributed by atoms with Gasteiger partial charge in [0.05, 0.1) is 5.69 Å². The molecule has 9 aromatic carbocycles. The number of fused-ring (bicyclic) bond motifs is 3. The van der Waals surface area contributed by atoms with Crippen LogP contribution >= 0.6 is 0 Å². The lowest BCUT2D eigenvalue weighted by Gasteiger charge is -2.31. The number of rotatable bonds is 8. The zero-order valence-corrected chi connectivity index (χ0v) is 32.8. The Morgan fingerprint density at radius 3 is 1.47 bits per heavy atom. The fourth-order valence-corrected chi connectivity index (χ4v) is 9.03. The van der Waals surface area contributed by atoms with Gasteiger partial charge in [-0.1, -0.05) is 202 Å². The van der Waals surface area contributed by atoms with Crippen LogP contribution in [0, 0.1) is 0 Å². The average Bonchev–Trinajstić information content (AvgIpc) is 3.52. The van der Waals surface area contributed by atoms with E-state index in [0.717, 1.165) is 17.1 Å². The molecule has 0 atom stereocenters. The van der Waals surface area contributed by atoms with E-state index in [4.69, 9.17) is 0 Å². The monoisotopic (exact) mass is 741 g/mol. The van der Waals surface area contributed by atoms with Crippen LogP contribution in [-0.4, -0.2) is 0 Å². The summed E-state index contributed by atoms with van der Waals surface area (Å²) < 4.78 is 0. The summed E-state index contributed by atoms with van der Waals surface area (Å²) in [5.74, 6) is 0. The van der Waals surface area contributed by atoms with Crippen LogP contribution in [-0.2, 0) is 5.41 Å². The molecule has 1 aliphatic carbocycles. The van der Waals surface area contributed by atoms with Crippen molar-refractivity contribution in [3.05, 3.63) is 236 Å². The quantitative estimate of drug-likeness (QED) is 0.150. The Balaban J connectivity index is 1.23. The zero-order chi connectivity index (χ0) is 39.1. The van der Waals surface area contributed by atoms with Gasteiger partial charge < -0.3 is 4.90 Å². The smallest absolute Gasteiger partial charge is 0.0546 e. The number of benzene rings is 9. The maximum Gasteiger partial charge on any atom is 0.0546 e. The molecule has 0 N–H and O–H groups in total. The molecule has 9 aromatic rings. The predicted molar refractivity (Wildman–Crippen MR) is 246 cm³/mol. The lowest BCUT2D eigenvalue weighted by atomic mass is 9.82. The highest BCUT2D eigenvalue weighted by atomic mass is 15.1. The third kappa shape index (κ3) is 6.22. The van der Waals surface area contributed by atoms with Crippen molar-refractivity contribution in [1.29, 1.82) is 0 Å². The number of hydrogen-bond donors (Lipinski definition) is 0. The molecule has 0 saturated heterocycles. The minimum atomic E-state index is -0.151. The van der Waals surface area contributed by atoms with Crippen molar-refractivity contribution in [3.63, 3.8) is 0 Å². The van der Waals surface area contributed by atoms with Crippen molar-refractivity contribution in [3.8, 4) is 66.8 Å². The second-order valence-electron chi connectivity index (χ2n) is 15.7. The fraction of sp³-hybridized carbons (Fsp3) is 0.0526. The van der Waals surface area contributed by atoms with Gasteiger partial charge in [-0.3, -0.25) is 0 Å². The first-order valence-corrected chi connectivity index (χ1v) is 20.2. The molecule has 276 valence electrons. The van der Waals surface area contributed by atoms with E-state index in [1.165, 1.54) is 77.9 Å². The molecule has 58 heavy (non-hydrogen) atoms. The summed E-state index contributed by atoms with van der Waals surface area (Å²) in [6.45, 7) is 4.73. The Bertz CT molecular complexity index is 2910. The fourth-order valence-electron chi connectivity index (χ4n) is 9.03. The molecular weight excluding hydrogens is 699 g/mol. The summed E-state index contributed by atoms with van der Waals surface area (Å²) in [6.07, 6.45) is 0. The van der Waals surface area contributed by atoms with Gasteiger partial charge in [-0.05, 0) is 109 Å². The van der Waals surface area contributed by atoms with E-state index >= 15 is 0 Å². The molecule has 0 spiro atoms. The highest BCUT2D eigenvalue weighted by Crippen LogP contribution is 2.53. The average molecular weight is 742 g/mol. The van der Waals surface area contributed by atoms with Crippen LogP contribution in [0.25, 0.3) is 66.8 Å². The lowest BCUT2D eigenvalue weighted by Crippen LogP contribution is -2.17. The number of anilines is 3. The topological polar surface area (TPSA) is 3.24 Å². The lowest BCUT2D eigenvalue weighted by molar-refractivity contribution is 0.660. The second-order valence-corrected chi connectivity index (χ2v) is 15.7. The first kappa shape index (κ1) is 35.2. The van der Waals surface area contributed by atoms with Crippen molar-refractivity contribution in [2.75, 3.05) is 4.90 Å². The van der Waals surface area contributed by atoms with Gasteiger partial charge in [-0.2, -0.15) is 0 Å². The largest absolute Gasteiger partial charge is 0.310 e. The summed E-state index contributed by atoms with van der Waals surface area (Å²) in [5, 5.41) is 0. The molecule has 1 nitrogen and oxygen atoms in total. The first-order chi connectivity index (χ1) is 28.5. The van der Waals surface area contributed by atoms with Crippen molar-refractivity contribution in [2.24, 2.45) is 0 Å². The summed E-state index contributed by atoms with van der Waals surface area (Å²) in [7, 11) is 0. The van der Waals surface area contributed by atoms with Crippen LogP contribution < -0.4 is 4.90 Å². The van der Waals surface area contributed by atoms with Gasteiger partial charge in [0.2, 0.25) is 0 Å². The summed E-state index contributed by atoms with van der Waals surface area (Å²) >= 11 is 0. The van der Waals surface area contributed by atoms with Gasteiger partial charge in [0.25, 0.3) is 0 Å². The Hall–Kier alpha value is -7.22. The Morgan fingerprint density at radius 2 is 0.759 bits per heavy atom.